The highest BCUT2D eigenvalue weighted by Gasteiger charge is 2.16. The lowest BCUT2D eigenvalue weighted by Gasteiger charge is -2.10. The van der Waals surface area contributed by atoms with E-state index in [4.69, 9.17) is 21.1 Å². The molecule has 0 saturated heterocycles. The van der Waals surface area contributed by atoms with Crippen molar-refractivity contribution in [2.24, 2.45) is 0 Å². The average molecular weight is 464 g/mol. The minimum atomic E-state index is -0.688. The van der Waals surface area contributed by atoms with Crippen molar-refractivity contribution >= 4 is 35.0 Å². The lowest BCUT2D eigenvalue weighted by Crippen LogP contribution is -2.14. The van der Waals surface area contributed by atoms with E-state index < -0.39 is 10.8 Å². The number of anilines is 1. The summed E-state index contributed by atoms with van der Waals surface area (Å²) in [6, 6.07) is 19.8. The van der Waals surface area contributed by atoms with Gasteiger partial charge in [0, 0.05) is 16.7 Å². The van der Waals surface area contributed by atoms with E-state index in [1.807, 2.05) is 24.3 Å². The Morgan fingerprint density at radius 1 is 1.18 bits per heavy atom. The molecule has 1 amide bonds. The number of nitriles is 1. The van der Waals surface area contributed by atoms with E-state index in [-0.39, 0.29) is 29.3 Å². The van der Waals surface area contributed by atoms with Crippen LogP contribution in [0.3, 0.4) is 0 Å². The van der Waals surface area contributed by atoms with Gasteiger partial charge in [0.1, 0.15) is 29.7 Å². The van der Waals surface area contributed by atoms with Crippen LogP contribution in [0.5, 0.6) is 11.5 Å². The third-order valence-corrected chi connectivity index (χ3v) is 4.90. The third kappa shape index (κ3) is 6.09. The van der Waals surface area contributed by atoms with Gasteiger partial charge in [-0.25, -0.2) is 0 Å². The van der Waals surface area contributed by atoms with Crippen molar-refractivity contribution in [3.05, 3.63) is 98.6 Å². The standard InChI is InChI=1S/C24H18ClN3O5/c1-32-23-13-19(28(30)31)9-10-22(23)27-24(29)18(14-26)11-16-5-4-7-20(12-16)33-15-17-6-2-3-8-21(17)25/h2-13H,15H2,1H3,(H,27,29)/b18-11+. The van der Waals surface area contributed by atoms with Crippen LogP contribution in [0.2, 0.25) is 5.02 Å². The smallest absolute Gasteiger partial charge is 0.273 e. The van der Waals surface area contributed by atoms with Crippen molar-refractivity contribution in [2.45, 2.75) is 6.61 Å². The molecular weight excluding hydrogens is 446 g/mol. The number of benzene rings is 3. The first kappa shape index (κ1) is 23.3. The molecule has 3 rings (SSSR count). The lowest BCUT2D eigenvalue weighted by atomic mass is 10.1. The molecular formula is C24H18ClN3O5. The summed E-state index contributed by atoms with van der Waals surface area (Å²) in [5, 5.41) is 23.5. The Labute approximate surface area is 194 Å². The number of nitro benzene ring substituents is 1. The Hall–Kier alpha value is -4.35. The zero-order chi connectivity index (χ0) is 23.8. The third-order valence-electron chi connectivity index (χ3n) is 4.53. The van der Waals surface area contributed by atoms with Crippen molar-refractivity contribution in [3.63, 3.8) is 0 Å². The van der Waals surface area contributed by atoms with Crippen LogP contribution in [0.25, 0.3) is 6.08 Å². The number of amides is 1. The number of methoxy groups -OCH3 is 1. The Morgan fingerprint density at radius 3 is 2.67 bits per heavy atom. The summed E-state index contributed by atoms with van der Waals surface area (Å²) < 4.78 is 10.9. The quantitative estimate of drug-likeness (QED) is 0.207. The van der Waals surface area contributed by atoms with Crippen LogP contribution < -0.4 is 14.8 Å². The number of halogens is 1. The first-order valence-electron chi connectivity index (χ1n) is 9.63. The zero-order valence-corrected chi connectivity index (χ0v) is 18.2. The van der Waals surface area contributed by atoms with Crippen LogP contribution in [0.15, 0.2) is 72.3 Å². The highest BCUT2D eigenvalue weighted by atomic mass is 35.5. The van der Waals surface area contributed by atoms with E-state index in [2.05, 4.69) is 5.32 Å². The predicted octanol–water partition coefficient (Wildman–Crippen LogP) is 5.38. The molecule has 3 aromatic rings. The molecule has 0 atom stereocenters. The molecule has 1 N–H and O–H groups in total. The number of carbonyl (C=O) groups excluding carboxylic acids is 1. The van der Waals surface area contributed by atoms with Crippen LogP contribution in [-0.2, 0) is 11.4 Å². The largest absolute Gasteiger partial charge is 0.494 e. The fourth-order valence-electron chi connectivity index (χ4n) is 2.87. The Bertz CT molecular complexity index is 1270. The zero-order valence-electron chi connectivity index (χ0n) is 17.4. The average Bonchev–Trinajstić information content (AvgIpc) is 2.82. The number of hydrogen-bond donors (Lipinski definition) is 1. The minimum absolute atomic E-state index is 0.102. The van der Waals surface area contributed by atoms with E-state index in [1.165, 1.54) is 31.4 Å². The van der Waals surface area contributed by atoms with E-state index in [0.29, 0.717) is 16.3 Å². The molecule has 0 heterocycles. The van der Waals surface area contributed by atoms with Crippen LogP contribution in [0.1, 0.15) is 11.1 Å². The van der Waals surface area contributed by atoms with Gasteiger partial charge in [0.2, 0.25) is 0 Å². The minimum Gasteiger partial charge on any atom is -0.494 e. The van der Waals surface area contributed by atoms with Crippen LogP contribution in [0, 0.1) is 21.4 Å². The van der Waals surface area contributed by atoms with Gasteiger partial charge in [-0.3, -0.25) is 14.9 Å². The maximum Gasteiger partial charge on any atom is 0.273 e. The second-order valence-electron chi connectivity index (χ2n) is 6.72. The molecule has 0 aromatic heterocycles. The predicted molar refractivity (Wildman–Crippen MR) is 124 cm³/mol. The molecule has 0 aliphatic heterocycles. The fourth-order valence-corrected chi connectivity index (χ4v) is 3.06. The Kier molecular flexibility index (Phi) is 7.63. The number of hydrogen-bond acceptors (Lipinski definition) is 6. The normalized spacial score (nSPS) is 10.8. The molecule has 0 aliphatic rings. The monoisotopic (exact) mass is 463 g/mol. The molecule has 0 bridgehead atoms. The van der Waals surface area contributed by atoms with E-state index in [0.717, 1.165) is 5.56 Å². The molecule has 166 valence electrons. The lowest BCUT2D eigenvalue weighted by molar-refractivity contribution is -0.384. The number of non-ortho nitro benzene ring substituents is 1. The molecule has 0 saturated carbocycles. The van der Waals surface area contributed by atoms with Gasteiger partial charge < -0.3 is 14.8 Å². The van der Waals surface area contributed by atoms with Gasteiger partial charge in [-0.05, 0) is 35.9 Å². The van der Waals surface area contributed by atoms with Gasteiger partial charge in [-0.2, -0.15) is 5.26 Å². The van der Waals surface area contributed by atoms with E-state index in [1.54, 1.807) is 30.3 Å². The van der Waals surface area contributed by atoms with E-state index in [9.17, 15) is 20.2 Å². The summed E-state index contributed by atoms with van der Waals surface area (Å²) in [5.41, 5.74) is 1.25. The van der Waals surface area contributed by atoms with Gasteiger partial charge in [0.05, 0.1) is 23.8 Å². The second kappa shape index (κ2) is 10.8. The Morgan fingerprint density at radius 2 is 1.97 bits per heavy atom. The SMILES string of the molecule is COc1cc([N+](=O)[O-])ccc1NC(=O)/C(C#N)=C/c1cccc(OCc2ccccc2Cl)c1. The number of carbonyl (C=O) groups is 1. The number of ether oxygens (including phenoxy) is 2. The van der Waals surface area contributed by atoms with Crippen LogP contribution in [-0.4, -0.2) is 17.9 Å². The van der Waals surface area contributed by atoms with Gasteiger partial charge in [0.15, 0.2) is 0 Å². The molecule has 0 aliphatic carbocycles. The maximum absolute atomic E-state index is 12.6. The molecule has 33 heavy (non-hydrogen) atoms. The summed E-state index contributed by atoms with van der Waals surface area (Å²) in [6.07, 6.45) is 1.41. The number of nitrogens with one attached hydrogen (secondary N) is 1. The molecule has 0 unspecified atom stereocenters. The summed E-state index contributed by atoms with van der Waals surface area (Å²) >= 11 is 6.14. The molecule has 9 heteroatoms. The highest BCUT2D eigenvalue weighted by molar-refractivity contribution is 6.31. The van der Waals surface area contributed by atoms with Crippen molar-refractivity contribution < 1.29 is 19.2 Å². The second-order valence-corrected chi connectivity index (χ2v) is 7.13. The molecule has 0 fully saturated rings. The highest BCUT2D eigenvalue weighted by Crippen LogP contribution is 2.29. The van der Waals surface area contributed by atoms with Gasteiger partial charge in [0.25, 0.3) is 11.6 Å². The number of nitrogens with zero attached hydrogens (tertiary/aromatic N) is 2. The summed E-state index contributed by atoms with van der Waals surface area (Å²) in [4.78, 5) is 23.0. The molecule has 8 nitrogen and oxygen atoms in total. The fraction of sp³-hybridized carbons (Fsp3) is 0.0833. The van der Waals surface area contributed by atoms with Gasteiger partial charge in [-0.1, -0.05) is 41.9 Å². The van der Waals surface area contributed by atoms with Crippen molar-refractivity contribution in [2.75, 3.05) is 12.4 Å². The summed E-state index contributed by atoms with van der Waals surface area (Å²) in [6.45, 7) is 0.262. The molecule has 3 aromatic carbocycles. The van der Waals surface area contributed by atoms with Crippen molar-refractivity contribution in [1.82, 2.24) is 0 Å². The van der Waals surface area contributed by atoms with Crippen molar-refractivity contribution in [1.29, 1.82) is 5.26 Å². The van der Waals surface area contributed by atoms with Crippen LogP contribution >= 0.6 is 11.6 Å². The Balaban J connectivity index is 1.76. The summed E-state index contributed by atoms with van der Waals surface area (Å²) in [5.74, 6) is -0.0461. The van der Waals surface area contributed by atoms with Gasteiger partial charge >= 0.3 is 0 Å². The number of nitro groups is 1. The van der Waals surface area contributed by atoms with E-state index >= 15 is 0 Å². The molecule has 0 radical (unpaired) electrons. The number of rotatable bonds is 8. The maximum atomic E-state index is 12.6. The molecule has 0 spiro atoms. The summed E-state index contributed by atoms with van der Waals surface area (Å²) in [7, 11) is 1.32. The topological polar surface area (TPSA) is 114 Å². The van der Waals surface area contributed by atoms with Crippen molar-refractivity contribution in [3.8, 4) is 17.6 Å². The van der Waals surface area contributed by atoms with Gasteiger partial charge in [-0.15, -0.1) is 0 Å². The van der Waals surface area contributed by atoms with Crippen LogP contribution in [0.4, 0.5) is 11.4 Å². The first-order chi connectivity index (χ1) is 15.9. The first-order valence-corrected chi connectivity index (χ1v) is 10.0.